The lowest BCUT2D eigenvalue weighted by Gasteiger charge is -2.31. The molecular weight excluding hydrogens is 352 g/mol. The third kappa shape index (κ3) is 5.48. The van der Waals surface area contributed by atoms with Gasteiger partial charge in [0, 0.05) is 33.3 Å². The van der Waals surface area contributed by atoms with Crippen LogP contribution in [-0.2, 0) is 10.5 Å². The van der Waals surface area contributed by atoms with Gasteiger partial charge < -0.3 is 0 Å². The van der Waals surface area contributed by atoms with Gasteiger partial charge in [-0.05, 0) is 49.7 Å². The molecule has 25 heavy (non-hydrogen) atoms. The van der Waals surface area contributed by atoms with E-state index in [1.807, 2.05) is 77.2 Å². The second-order valence-corrected chi connectivity index (χ2v) is 8.77. The first-order valence-corrected chi connectivity index (χ1v) is 9.72. The minimum atomic E-state index is -0.435. The first-order valence-electron chi connectivity index (χ1n) is 8.35. The van der Waals surface area contributed by atoms with Crippen LogP contribution in [0.15, 0.2) is 47.5 Å². The third-order valence-corrected chi connectivity index (χ3v) is 4.99. The standard InChI is InChI=1S/C20H25ClN2OS/c1-14(2)23(19(24)20(3,4)5)18-11-6-15(12-22-18)13-25-17-9-7-16(21)8-10-17/h6-12,14H,13H2,1-5H3. The Kier molecular flexibility index (Phi) is 6.53. The monoisotopic (exact) mass is 376 g/mol. The van der Waals surface area contributed by atoms with Crippen LogP contribution in [0.25, 0.3) is 0 Å². The SMILES string of the molecule is CC(C)N(C(=O)C(C)(C)C)c1ccc(CSc2ccc(Cl)cc2)cn1. The van der Waals surface area contributed by atoms with E-state index in [0.29, 0.717) is 5.82 Å². The Hall–Kier alpha value is -1.52. The summed E-state index contributed by atoms with van der Waals surface area (Å²) in [4.78, 5) is 20.2. The van der Waals surface area contributed by atoms with Gasteiger partial charge in [-0.3, -0.25) is 9.69 Å². The van der Waals surface area contributed by atoms with Crippen LogP contribution in [0.1, 0.15) is 40.2 Å². The third-order valence-electron chi connectivity index (χ3n) is 3.65. The summed E-state index contributed by atoms with van der Waals surface area (Å²) in [6.07, 6.45) is 1.85. The summed E-state index contributed by atoms with van der Waals surface area (Å²) in [5, 5.41) is 0.743. The molecule has 0 spiro atoms. The lowest BCUT2D eigenvalue weighted by Crippen LogP contribution is -2.44. The van der Waals surface area contributed by atoms with E-state index < -0.39 is 5.41 Å². The van der Waals surface area contributed by atoms with Crippen molar-refractivity contribution in [2.45, 2.75) is 51.3 Å². The predicted molar refractivity (Wildman–Crippen MR) is 107 cm³/mol. The highest BCUT2D eigenvalue weighted by Gasteiger charge is 2.30. The van der Waals surface area contributed by atoms with E-state index in [4.69, 9.17) is 11.6 Å². The molecule has 5 heteroatoms. The smallest absolute Gasteiger partial charge is 0.233 e. The van der Waals surface area contributed by atoms with Crippen LogP contribution < -0.4 is 4.90 Å². The van der Waals surface area contributed by atoms with Gasteiger partial charge in [0.05, 0.1) is 0 Å². The number of benzene rings is 1. The molecule has 0 aliphatic carbocycles. The molecule has 1 amide bonds. The van der Waals surface area contributed by atoms with Gasteiger partial charge >= 0.3 is 0 Å². The minimum absolute atomic E-state index is 0.0634. The van der Waals surface area contributed by atoms with Crippen molar-refractivity contribution in [2.24, 2.45) is 5.41 Å². The quantitative estimate of drug-likeness (QED) is 0.617. The molecule has 0 saturated carbocycles. The number of carbonyl (C=O) groups excluding carboxylic acids is 1. The zero-order chi connectivity index (χ0) is 18.6. The van der Waals surface area contributed by atoms with Crippen LogP contribution in [0.5, 0.6) is 0 Å². The van der Waals surface area contributed by atoms with Crippen LogP contribution in [-0.4, -0.2) is 16.9 Å². The summed E-state index contributed by atoms with van der Waals surface area (Å²) in [5.41, 5.74) is 0.685. The zero-order valence-electron chi connectivity index (χ0n) is 15.4. The van der Waals surface area contributed by atoms with Crippen LogP contribution in [0.3, 0.4) is 0 Å². The van der Waals surface area contributed by atoms with Crippen LogP contribution in [0, 0.1) is 5.41 Å². The lowest BCUT2D eigenvalue weighted by atomic mass is 9.94. The Morgan fingerprint density at radius 1 is 1.16 bits per heavy atom. The number of pyridine rings is 1. The van der Waals surface area contributed by atoms with Crippen molar-refractivity contribution in [3.8, 4) is 0 Å². The average molecular weight is 377 g/mol. The van der Waals surface area contributed by atoms with Crippen molar-refractivity contribution < 1.29 is 4.79 Å². The number of aromatic nitrogens is 1. The number of hydrogen-bond acceptors (Lipinski definition) is 3. The summed E-state index contributed by atoms with van der Waals surface area (Å²) in [5.74, 6) is 1.61. The van der Waals surface area contributed by atoms with Crippen LogP contribution >= 0.6 is 23.4 Å². The maximum absolute atomic E-state index is 12.7. The molecule has 0 aliphatic rings. The highest BCUT2D eigenvalue weighted by molar-refractivity contribution is 7.98. The molecule has 0 fully saturated rings. The molecule has 0 saturated heterocycles. The Morgan fingerprint density at radius 3 is 2.28 bits per heavy atom. The number of thioether (sulfide) groups is 1. The zero-order valence-corrected chi connectivity index (χ0v) is 17.0. The van der Waals surface area contributed by atoms with Crippen molar-refractivity contribution in [1.29, 1.82) is 0 Å². The molecule has 134 valence electrons. The molecule has 0 aliphatic heterocycles. The van der Waals surface area contributed by atoms with Crippen LogP contribution in [0.4, 0.5) is 5.82 Å². The van der Waals surface area contributed by atoms with Gasteiger partial charge in [0.1, 0.15) is 5.82 Å². The molecule has 0 bridgehead atoms. The molecule has 0 N–H and O–H groups in total. The molecule has 1 heterocycles. The molecule has 0 unspecified atom stereocenters. The fraction of sp³-hybridized carbons (Fsp3) is 0.400. The maximum atomic E-state index is 12.7. The average Bonchev–Trinajstić information content (AvgIpc) is 2.54. The van der Waals surface area contributed by atoms with Gasteiger partial charge in [-0.1, -0.05) is 38.4 Å². The first-order chi connectivity index (χ1) is 11.7. The number of halogens is 1. The summed E-state index contributed by atoms with van der Waals surface area (Å²) in [6, 6.07) is 11.8. The van der Waals surface area contributed by atoms with Crippen molar-refractivity contribution in [2.75, 3.05) is 4.90 Å². The Bertz CT molecular complexity index is 706. The van der Waals surface area contributed by atoms with E-state index in [1.165, 1.54) is 4.90 Å². The lowest BCUT2D eigenvalue weighted by molar-refractivity contribution is -0.126. The molecule has 2 aromatic rings. The topological polar surface area (TPSA) is 33.2 Å². The fourth-order valence-corrected chi connectivity index (χ4v) is 3.27. The first kappa shape index (κ1) is 19.8. The highest BCUT2D eigenvalue weighted by Crippen LogP contribution is 2.27. The molecule has 0 atom stereocenters. The van der Waals surface area contributed by atoms with Gasteiger partial charge in [-0.15, -0.1) is 11.8 Å². The molecule has 3 nitrogen and oxygen atoms in total. The highest BCUT2D eigenvalue weighted by atomic mass is 35.5. The van der Waals surface area contributed by atoms with E-state index in [9.17, 15) is 4.79 Å². The molecule has 0 radical (unpaired) electrons. The summed E-state index contributed by atoms with van der Waals surface area (Å²) in [6.45, 7) is 9.82. The molecular formula is C20H25ClN2OS. The van der Waals surface area contributed by atoms with E-state index in [-0.39, 0.29) is 11.9 Å². The summed E-state index contributed by atoms with van der Waals surface area (Å²) >= 11 is 7.64. The summed E-state index contributed by atoms with van der Waals surface area (Å²) in [7, 11) is 0. The van der Waals surface area contributed by atoms with Gasteiger partial charge in [-0.25, -0.2) is 4.98 Å². The second-order valence-electron chi connectivity index (χ2n) is 7.29. The van der Waals surface area contributed by atoms with Gasteiger partial charge in [0.2, 0.25) is 5.91 Å². The minimum Gasteiger partial charge on any atom is -0.294 e. The number of nitrogens with zero attached hydrogens (tertiary/aromatic N) is 2. The van der Waals surface area contributed by atoms with Crippen LogP contribution in [0.2, 0.25) is 5.02 Å². The van der Waals surface area contributed by atoms with Crippen molar-refractivity contribution in [3.63, 3.8) is 0 Å². The van der Waals surface area contributed by atoms with E-state index in [2.05, 4.69) is 4.98 Å². The van der Waals surface area contributed by atoms with E-state index in [1.54, 1.807) is 16.7 Å². The number of carbonyl (C=O) groups is 1. The maximum Gasteiger partial charge on any atom is 0.233 e. The van der Waals surface area contributed by atoms with Gasteiger partial charge in [0.25, 0.3) is 0 Å². The normalized spacial score (nSPS) is 11.6. The van der Waals surface area contributed by atoms with Crippen molar-refractivity contribution in [1.82, 2.24) is 4.98 Å². The molecule has 1 aromatic heterocycles. The van der Waals surface area contributed by atoms with Crippen molar-refractivity contribution in [3.05, 3.63) is 53.2 Å². The number of rotatable bonds is 5. The number of anilines is 1. The second kappa shape index (κ2) is 8.24. The van der Waals surface area contributed by atoms with Gasteiger partial charge in [-0.2, -0.15) is 0 Å². The Labute approximate surface area is 159 Å². The predicted octanol–water partition coefficient (Wildman–Crippen LogP) is 5.81. The number of amides is 1. The van der Waals surface area contributed by atoms with E-state index in [0.717, 1.165) is 16.3 Å². The summed E-state index contributed by atoms with van der Waals surface area (Å²) < 4.78 is 0. The fourth-order valence-electron chi connectivity index (χ4n) is 2.31. The van der Waals surface area contributed by atoms with Crippen molar-refractivity contribution >= 4 is 35.1 Å². The number of hydrogen-bond donors (Lipinski definition) is 0. The van der Waals surface area contributed by atoms with Gasteiger partial charge in [0.15, 0.2) is 0 Å². The molecule has 2 rings (SSSR count). The Morgan fingerprint density at radius 2 is 1.80 bits per heavy atom. The Balaban J connectivity index is 2.09. The molecule has 1 aromatic carbocycles. The van der Waals surface area contributed by atoms with E-state index >= 15 is 0 Å². The largest absolute Gasteiger partial charge is 0.294 e.